The van der Waals surface area contributed by atoms with Crippen LogP contribution in [0.2, 0.25) is 0 Å². The third-order valence-electron chi connectivity index (χ3n) is 2.28. The summed E-state index contributed by atoms with van der Waals surface area (Å²) in [4.78, 5) is 22.3. The lowest BCUT2D eigenvalue weighted by molar-refractivity contribution is -0.140. The zero-order valence-electron chi connectivity index (χ0n) is 9.75. The second kappa shape index (κ2) is 5.98. The standard InChI is InChI=1S/C12H14FNO3/c1-8-3-4-9(7-10(8)13)12(16)14-6-5-11(15)17-2/h3-4,7H,5-6H2,1-2H3,(H,14,16). The number of ether oxygens (including phenoxy) is 1. The number of hydrogen-bond donors (Lipinski definition) is 1. The number of amides is 1. The maximum Gasteiger partial charge on any atom is 0.307 e. The fourth-order valence-electron chi connectivity index (χ4n) is 1.22. The zero-order valence-corrected chi connectivity index (χ0v) is 9.75. The van der Waals surface area contributed by atoms with Crippen LogP contribution < -0.4 is 5.32 Å². The average molecular weight is 239 g/mol. The van der Waals surface area contributed by atoms with E-state index in [-0.39, 0.29) is 18.5 Å². The third kappa shape index (κ3) is 3.86. The summed E-state index contributed by atoms with van der Waals surface area (Å²) < 4.78 is 17.6. The van der Waals surface area contributed by atoms with Crippen LogP contribution in [0.25, 0.3) is 0 Å². The number of aryl methyl sites for hydroxylation is 1. The molecule has 1 rings (SSSR count). The maximum absolute atomic E-state index is 13.2. The van der Waals surface area contributed by atoms with Gasteiger partial charge in [0.15, 0.2) is 0 Å². The van der Waals surface area contributed by atoms with Gasteiger partial charge in [0.1, 0.15) is 5.82 Å². The Bertz CT molecular complexity index is 432. The monoisotopic (exact) mass is 239 g/mol. The molecule has 0 aliphatic heterocycles. The summed E-state index contributed by atoms with van der Waals surface area (Å²) in [5, 5.41) is 2.50. The van der Waals surface area contributed by atoms with Gasteiger partial charge < -0.3 is 10.1 Å². The summed E-state index contributed by atoms with van der Waals surface area (Å²) in [6.07, 6.45) is 0.0938. The molecule has 17 heavy (non-hydrogen) atoms. The Morgan fingerprint density at radius 1 is 1.41 bits per heavy atom. The number of methoxy groups -OCH3 is 1. The predicted octanol–water partition coefficient (Wildman–Crippen LogP) is 1.43. The maximum atomic E-state index is 13.2. The number of hydrogen-bond acceptors (Lipinski definition) is 3. The minimum Gasteiger partial charge on any atom is -0.469 e. The molecule has 0 aromatic heterocycles. The largest absolute Gasteiger partial charge is 0.469 e. The highest BCUT2D eigenvalue weighted by molar-refractivity contribution is 5.94. The Balaban J connectivity index is 2.52. The Morgan fingerprint density at radius 3 is 2.71 bits per heavy atom. The molecule has 0 spiro atoms. The van der Waals surface area contributed by atoms with Crippen LogP contribution in [0.5, 0.6) is 0 Å². The van der Waals surface area contributed by atoms with Crippen LogP contribution in [0.4, 0.5) is 4.39 Å². The molecule has 1 amide bonds. The van der Waals surface area contributed by atoms with Crippen LogP contribution in [-0.2, 0) is 9.53 Å². The van der Waals surface area contributed by atoms with Gasteiger partial charge in [0.05, 0.1) is 13.5 Å². The summed E-state index contributed by atoms with van der Waals surface area (Å²) >= 11 is 0. The lowest BCUT2D eigenvalue weighted by Gasteiger charge is -2.05. The van der Waals surface area contributed by atoms with E-state index < -0.39 is 17.7 Å². The van der Waals surface area contributed by atoms with Crippen LogP contribution >= 0.6 is 0 Å². The van der Waals surface area contributed by atoms with Crippen LogP contribution in [0.3, 0.4) is 0 Å². The van der Waals surface area contributed by atoms with Crippen molar-refractivity contribution in [2.24, 2.45) is 0 Å². The SMILES string of the molecule is COC(=O)CCNC(=O)c1ccc(C)c(F)c1. The minimum atomic E-state index is -0.425. The van der Waals surface area contributed by atoms with Gasteiger partial charge in [0.2, 0.25) is 0 Å². The average Bonchev–Trinajstić information content (AvgIpc) is 2.32. The van der Waals surface area contributed by atoms with Crippen LogP contribution in [0, 0.1) is 12.7 Å². The highest BCUT2D eigenvalue weighted by Crippen LogP contribution is 2.08. The van der Waals surface area contributed by atoms with E-state index in [0.29, 0.717) is 5.56 Å². The lowest BCUT2D eigenvalue weighted by atomic mass is 10.1. The van der Waals surface area contributed by atoms with Crippen LogP contribution in [0.15, 0.2) is 18.2 Å². The van der Waals surface area contributed by atoms with Crippen LogP contribution in [-0.4, -0.2) is 25.5 Å². The molecule has 0 bridgehead atoms. The molecule has 0 unspecified atom stereocenters. The van der Waals surface area contributed by atoms with Gasteiger partial charge in [0.25, 0.3) is 5.91 Å². The van der Waals surface area contributed by atoms with E-state index in [1.807, 2.05) is 0 Å². The fourth-order valence-corrected chi connectivity index (χ4v) is 1.22. The van der Waals surface area contributed by atoms with Gasteiger partial charge in [0, 0.05) is 12.1 Å². The highest BCUT2D eigenvalue weighted by Gasteiger charge is 2.08. The molecule has 5 heteroatoms. The van der Waals surface area contributed by atoms with Crippen molar-refractivity contribution in [2.45, 2.75) is 13.3 Å². The molecule has 0 radical (unpaired) electrons. The van der Waals surface area contributed by atoms with Crippen molar-refractivity contribution in [1.29, 1.82) is 0 Å². The first-order valence-electron chi connectivity index (χ1n) is 5.15. The summed E-state index contributed by atoms with van der Waals surface area (Å²) in [5.41, 5.74) is 0.717. The summed E-state index contributed by atoms with van der Waals surface area (Å²) in [6, 6.07) is 4.24. The molecule has 0 saturated carbocycles. The highest BCUT2D eigenvalue weighted by atomic mass is 19.1. The Morgan fingerprint density at radius 2 is 2.12 bits per heavy atom. The molecule has 1 N–H and O–H groups in total. The Kier molecular flexibility index (Phi) is 4.63. The van der Waals surface area contributed by atoms with E-state index in [1.54, 1.807) is 6.92 Å². The van der Waals surface area contributed by atoms with Crippen molar-refractivity contribution >= 4 is 11.9 Å². The van der Waals surface area contributed by atoms with E-state index in [0.717, 1.165) is 0 Å². The van der Waals surface area contributed by atoms with Gasteiger partial charge in [-0.3, -0.25) is 9.59 Å². The van der Waals surface area contributed by atoms with Gasteiger partial charge in [-0.05, 0) is 24.6 Å². The van der Waals surface area contributed by atoms with E-state index >= 15 is 0 Å². The van der Waals surface area contributed by atoms with Gasteiger partial charge in [-0.25, -0.2) is 4.39 Å². The first kappa shape index (κ1) is 13.2. The molecule has 0 saturated heterocycles. The third-order valence-corrected chi connectivity index (χ3v) is 2.28. The van der Waals surface area contributed by atoms with E-state index in [2.05, 4.69) is 10.1 Å². The number of nitrogens with one attached hydrogen (secondary N) is 1. The first-order chi connectivity index (χ1) is 8.04. The minimum absolute atomic E-state index is 0.0938. The van der Waals surface area contributed by atoms with Crippen molar-refractivity contribution in [1.82, 2.24) is 5.32 Å². The molecular weight excluding hydrogens is 225 g/mol. The summed E-state index contributed by atoms with van der Waals surface area (Å²) in [6.45, 7) is 1.79. The van der Waals surface area contributed by atoms with Crippen molar-refractivity contribution in [3.05, 3.63) is 35.1 Å². The number of carbonyl (C=O) groups excluding carboxylic acids is 2. The molecule has 1 aromatic carbocycles. The quantitative estimate of drug-likeness (QED) is 0.808. The van der Waals surface area contributed by atoms with Crippen molar-refractivity contribution in [2.75, 3.05) is 13.7 Å². The fraction of sp³-hybridized carbons (Fsp3) is 0.333. The number of esters is 1. The molecular formula is C12H14FNO3. The summed E-state index contributed by atoms with van der Waals surface area (Å²) in [5.74, 6) is -1.24. The Hall–Kier alpha value is -1.91. The Labute approximate surface area is 98.8 Å². The lowest BCUT2D eigenvalue weighted by Crippen LogP contribution is -2.26. The van der Waals surface area contributed by atoms with Crippen molar-refractivity contribution in [3.8, 4) is 0 Å². The topological polar surface area (TPSA) is 55.4 Å². The molecule has 0 aliphatic rings. The zero-order chi connectivity index (χ0) is 12.8. The molecule has 1 aromatic rings. The van der Waals surface area contributed by atoms with Gasteiger partial charge in [-0.1, -0.05) is 6.07 Å². The molecule has 92 valence electrons. The normalized spacial score (nSPS) is 9.82. The molecule has 4 nitrogen and oxygen atoms in total. The van der Waals surface area contributed by atoms with E-state index in [1.165, 1.54) is 25.3 Å². The smallest absolute Gasteiger partial charge is 0.307 e. The van der Waals surface area contributed by atoms with Gasteiger partial charge >= 0.3 is 5.97 Å². The van der Waals surface area contributed by atoms with E-state index in [4.69, 9.17) is 0 Å². The molecule has 0 fully saturated rings. The van der Waals surface area contributed by atoms with Crippen molar-refractivity contribution < 1.29 is 18.7 Å². The van der Waals surface area contributed by atoms with Gasteiger partial charge in [-0.15, -0.1) is 0 Å². The van der Waals surface area contributed by atoms with E-state index in [9.17, 15) is 14.0 Å². The second-order valence-electron chi connectivity index (χ2n) is 3.55. The predicted molar refractivity (Wildman–Crippen MR) is 60.1 cm³/mol. The van der Waals surface area contributed by atoms with Gasteiger partial charge in [-0.2, -0.15) is 0 Å². The molecule has 0 atom stereocenters. The molecule has 0 heterocycles. The first-order valence-corrected chi connectivity index (χ1v) is 5.15. The number of rotatable bonds is 4. The molecule has 0 aliphatic carbocycles. The number of halogens is 1. The second-order valence-corrected chi connectivity index (χ2v) is 3.55. The number of benzene rings is 1. The summed E-state index contributed by atoms with van der Waals surface area (Å²) in [7, 11) is 1.28. The van der Waals surface area contributed by atoms with Crippen molar-refractivity contribution in [3.63, 3.8) is 0 Å². The van der Waals surface area contributed by atoms with Crippen LogP contribution in [0.1, 0.15) is 22.3 Å². The number of carbonyl (C=O) groups is 2.